The molecule has 3 nitrogen and oxygen atoms in total. The van der Waals surface area contributed by atoms with Crippen LogP contribution in [0.2, 0.25) is 0 Å². The van der Waals surface area contributed by atoms with Crippen molar-refractivity contribution in [2.45, 2.75) is 6.04 Å². The number of benzene rings is 2. The van der Waals surface area contributed by atoms with Crippen molar-refractivity contribution < 1.29 is 9.53 Å². The summed E-state index contributed by atoms with van der Waals surface area (Å²) in [4.78, 5) is 11.9. The van der Waals surface area contributed by atoms with Crippen molar-refractivity contribution in [2.24, 2.45) is 0 Å². The van der Waals surface area contributed by atoms with E-state index in [-0.39, 0.29) is 5.97 Å². The molecule has 0 aliphatic heterocycles. The number of hydrogen-bond donors (Lipinski definition) is 1. The predicted molar refractivity (Wildman–Crippen MR) is 79.0 cm³/mol. The molecule has 2 aromatic carbocycles. The minimum absolute atomic E-state index is 0.318. The third kappa shape index (κ3) is 3.58. The van der Waals surface area contributed by atoms with E-state index in [1.807, 2.05) is 54.6 Å². The molecule has 0 saturated carbocycles. The number of halogens is 1. The van der Waals surface area contributed by atoms with Crippen molar-refractivity contribution in [2.75, 3.05) is 12.4 Å². The molecule has 0 spiro atoms. The molecule has 0 saturated heterocycles. The summed E-state index contributed by atoms with van der Waals surface area (Å²) in [5, 5.41) is 3.18. The van der Waals surface area contributed by atoms with Gasteiger partial charge in [0, 0.05) is 10.2 Å². The highest BCUT2D eigenvalue weighted by Crippen LogP contribution is 2.23. The molecule has 0 radical (unpaired) electrons. The van der Waals surface area contributed by atoms with Crippen molar-refractivity contribution in [1.29, 1.82) is 0 Å². The van der Waals surface area contributed by atoms with Crippen LogP contribution in [0.1, 0.15) is 11.6 Å². The molecule has 2 aromatic rings. The topological polar surface area (TPSA) is 38.3 Å². The zero-order valence-corrected chi connectivity index (χ0v) is 12.1. The number of carbonyl (C=O) groups is 1. The molecule has 19 heavy (non-hydrogen) atoms. The molecule has 0 amide bonds. The average molecular weight is 320 g/mol. The maximum Gasteiger partial charge on any atom is 0.332 e. The quantitative estimate of drug-likeness (QED) is 0.872. The minimum Gasteiger partial charge on any atom is -0.467 e. The third-order valence-electron chi connectivity index (χ3n) is 2.70. The van der Waals surface area contributed by atoms with Crippen LogP contribution in [0, 0.1) is 0 Å². The highest BCUT2D eigenvalue weighted by molar-refractivity contribution is 9.10. The van der Waals surface area contributed by atoms with E-state index < -0.39 is 6.04 Å². The van der Waals surface area contributed by atoms with Gasteiger partial charge in [-0.25, -0.2) is 4.79 Å². The number of ether oxygens (including phenoxy) is 1. The number of hydrogen-bond acceptors (Lipinski definition) is 3. The van der Waals surface area contributed by atoms with E-state index in [1.165, 1.54) is 7.11 Å². The third-order valence-corrected chi connectivity index (χ3v) is 3.20. The van der Waals surface area contributed by atoms with Gasteiger partial charge in [-0.1, -0.05) is 46.3 Å². The Morgan fingerprint density at radius 2 is 1.89 bits per heavy atom. The molecule has 0 aromatic heterocycles. The summed E-state index contributed by atoms with van der Waals surface area (Å²) in [5.41, 5.74) is 1.72. The van der Waals surface area contributed by atoms with Gasteiger partial charge in [0.2, 0.25) is 0 Å². The first-order valence-electron chi connectivity index (χ1n) is 5.85. The molecule has 2 rings (SSSR count). The molecule has 1 N–H and O–H groups in total. The van der Waals surface area contributed by atoms with E-state index in [0.717, 1.165) is 15.7 Å². The number of carbonyl (C=O) groups excluding carboxylic acids is 1. The van der Waals surface area contributed by atoms with E-state index in [9.17, 15) is 4.79 Å². The maximum atomic E-state index is 11.9. The lowest BCUT2D eigenvalue weighted by Crippen LogP contribution is -2.22. The van der Waals surface area contributed by atoms with E-state index in [2.05, 4.69) is 21.2 Å². The number of anilines is 1. The molecule has 1 unspecified atom stereocenters. The van der Waals surface area contributed by atoms with Gasteiger partial charge in [0.25, 0.3) is 0 Å². The summed E-state index contributed by atoms with van der Waals surface area (Å²) >= 11 is 3.41. The van der Waals surface area contributed by atoms with E-state index in [0.29, 0.717) is 0 Å². The first kappa shape index (κ1) is 13.6. The van der Waals surface area contributed by atoms with Crippen molar-refractivity contribution in [3.63, 3.8) is 0 Å². The van der Waals surface area contributed by atoms with Crippen molar-refractivity contribution in [1.82, 2.24) is 0 Å². The summed E-state index contributed by atoms with van der Waals surface area (Å²) in [6.07, 6.45) is 0. The standard InChI is InChI=1S/C15H14BrNO2/c1-19-15(18)14(11-6-5-7-12(16)10-11)17-13-8-3-2-4-9-13/h2-10,14,17H,1H3. The van der Waals surface area contributed by atoms with Crippen LogP contribution in [-0.2, 0) is 9.53 Å². The Kier molecular flexibility index (Phi) is 4.58. The number of nitrogens with one attached hydrogen (secondary N) is 1. The van der Waals surface area contributed by atoms with Crippen LogP contribution >= 0.6 is 15.9 Å². The van der Waals surface area contributed by atoms with Crippen LogP contribution in [0.3, 0.4) is 0 Å². The van der Waals surface area contributed by atoms with Gasteiger partial charge in [-0.15, -0.1) is 0 Å². The van der Waals surface area contributed by atoms with Crippen LogP contribution in [0.5, 0.6) is 0 Å². The molecule has 0 aliphatic carbocycles. The molecule has 0 heterocycles. The van der Waals surface area contributed by atoms with Crippen molar-refractivity contribution in [3.05, 3.63) is 64.6 Å². The molecule has 0 bridgehead atoms. The zero-order chi connectivity index (χ0) is 13.7. The summed E-state index contributed by atoms with van der Waals surface area (Å²) in [6, 6.07) is 16.7. The van der Waals surface area contributed by atoms with Gasteiger partial charge in [-0.3, -0.25) is 0 Å². The van der Waals surface area contributed by atoms with Gasteiger partial charge in [-0.05, 0) is 29.8 Å². The van der Waals surface area contributed by atoms with Crippen LogP contribution in [-0.4, -0.2) is 13.1 Å². The lowest BCUT2D eigenvalue weighted by Gasteiger charge is -2.18. The monoisotopic (exact) mass is 319 g/mol. The van der Waals surface area contributed by atoms with Crippen molar-refractivity contribution >= 4 is 27.6 Å². The van der Waals surface area contributed by atoms with Crippen LogP contribution in [0.25, 0.3) is 0 Å². The van der Waals surface area contributed by atoms with E-state index >= 15 is 0 Å². The zero-order valence-electron chi connectivity index (χ0n) is 10.5. The molecule has 0 fully saturated rings. The Balaban J connectivity index is 2.29. The Morgan fingerprint density at radius 3 is 2.53 bits per heavy atom. The second-order valence-corrected chi connectivity index (χ2v) is 4.94. The fourth-order valence-corrected chi connectivity index (χ4v) is 2.20. The number of esters is 1. The van der Waals surface area contributed by atoms with Gasteiger partial charge in [0.05, 0.1) is 7.11 Å². The smallest absolute Gasteiger partial charge is 0.332 e. The molecule has 0 aliphatic rings. The normalized spacial score (nSPS) is 11.7. The number of rotatable bonds is 4. The fraction of sp³-hybridized carbons (Fsp3) is 0.133. The lowest BCUT2D eigenvalue weighted by molar-refractivity contribution is -0.141. The SMILES string of the molecule is COC(=O)C(Nc1ccccc1)c1cccc(Br)c1. The van der Waals surface area contributed by atoms with Gasteiger partial charge in [0.15, 0.2) is 6.04 Å². The summed E-state index contributed by atoms with van der Waals surface area (Å²) in [7, 11) is 1.39. The second kappa shape index (κ2) is 6.38. The number of para-hydroxylation sites is 1. The van der Waals surface area contributed by atoms with Crippen molar-refractivity contribution in [3.8, 4) is 0 Å². The largest absolute Gasteiger partial charge is 0.467 e. The van der Waals surface area contributed by atoms with Crippen LogP contribution in [0.15, 0.2) is 59.1 Å². The highest BCUT2D eigenvalue weighted by Gasteiger charge is 2.21. The van der Waals surface area contributed by atoms with Gasteiger partial charge in [0.1, 0.15) is 0 Å². The highest BCUT2D eigenvalue weighted by atomic mass is 79.9. The molecular formula is C15H14BrNO2. The average Bonchev–Trinajstić information content (AvgIpc) is 2.45. The first-order chi connectivity index (χ1) is 9.20. The van der Waals surface area contributed by atoms with Gasteiger partial charge in [-0.2, -0.15) is 0 Å². The van der Waals surface area contributed by atoms with Crippen LogP contribution < -0.4 is 5.32 Å². The Morgan fingerprint density at radius 1 is 1.16 bits per heavy atom. The van der Waals surface area contributed by atoms with E-state index in [4.69, 9.17) is 4.74 Å². The van der Waals surface area contributed by atoms with Crippen LogP contribution in [0.4, 0.5) is 5.69 Å². The second-order valence-electron chi connectivity index (χ2n) is 4.02. The van der Waals surface area contributed by atoms with Gasteiger partial charge >= 0.3 is 5.97 Å². The van der Waals surface area contributed by atoms with Gasteiger partial charge < -0.3 is 10.1 Å². The summed E-state index contributed by atoms with van der Waals surface area (Å²) in [6.45, 7) is 0. The molecular weight excluding hydrogens is 306 g/mol. The molecule has 4 heteroatoms. The summed E-state index contributed by atoms with van der Waals surface area (Å²) in [5.74, 6) is -0.318. The predicted octanol–water partition coefficient (Wildman–Crippen LogP) is 3.78. The van der Waals surface area contributed by atoms with E-state index in [1.54, 1.807) is 0 Å². The Bertz CT molecular complexity index is 557. The molecule has 1 atom stereocenters. The minimum atomic E-state index is -0.523. The molecule has 98 valence electrons. The lowest BCUT2D eigenvalue weighted by atomic mass is 10.1. The Labute approximate surface area is 120 Å². The first-order valence-corrected chi connectivity index (χ1v) is 6.65. The fourth-order valence-electron chi connectivity index (χ4n) is 1.78. The Hall–Kier alpha value is -1.81. The summed E-state index contributed by atoms with van der Waals surface area (Å²) < 4.78 is 5.79. The maximum absolute atomic E-state index is 11.9. The number of methoxy groups -OCH3 is 1.